The molecule has 0 fully saturated rings. The van der Waals surface area contributed by atoms with E-state index in [1.807, 2.05) is 6.92 Å². The van der Waals surface area contributed by atoms with E-state index in [1.165, 1.54) is 13.0 Å². The van der Waals surface area contributed by atoms with Gasteiger partial charge in [-0.2, -0.15) is 0 Å². The standard InChI is InChI=1S/C19H18N4O6/c1-10-5-13-6-12(3-4-16(13)22(10)11(2)24)17(25)9-21-8-14(23(28)29)7-15(18(20)26)19(21)27/h3-4,6-8,10H,5,9H2,1-2H3,(H2,20,26)/t10-/m0/s1. The second-order valence-corrected chi connectivity index (χ2v) is 6.88. The number of ketones is 1. The van der Waals surface area contributed by atoms with E-state index in [9.17, 15) is 29.3 Å². The molecule has 29 heavy (non-hydrogen) atoms. The van der Waals surface area contributed by atoms with E-state index in [0.717, 1.165) is 28.1 Å². The summed E-state index contributed by atoms with van der Waals surface area (Å²) >= 11 is 0. The monoisotopic (exact) mass is 398 g/mol. The number of carbonyl (C=O) groups is 3. The number of pyridine rings is 1. The number of aromatic nitrogens is 1. The zero-order valence-electron chi connectivity index (χ0n) is 15.7. The van der Waals surface area contributed by atoms with Crippen LogP contribution in [0.1, 0.15) is 40.1 Å². The van der Waals surface area contributed by atoms with Crippen LogP contribution >= 0.6 is 0 Å². The number of fused-ring (bicyclic) bond motifs is 1. The van der Waals surface area contributed by atoms with Gasteiger partial charge in [0.2, 0.25) is 5.91 Å². The molecule has 150 valence electrons. The number of hydrogen-bond donors (Lipinski definition) is 1. The average Bonchev–Trinajstić information content (AvgIpc) is 2.97. The van der Waals surface area contributed by atoms with Gasteiger partial charge in [0, 0.05) is 30.3 Å². The molecule has 0 spiro atoms. The van der Waals surface area contributed by atoms with Gasteiger partial charge in [0.15, 0.2) is 5.78 Å². The minimum atomic E-state index is -1.12. The zero-order chi connectivity index (χ0) is 21.5. The number of carbonyl (C=O) groups excluding carboxylic acids is 3. The van der Waals surface area contributed by atoms with Gasteiger partial charge < -0.3 is 15.2 Å². The number of primary amides is 1. The highest BCUT2D eigenvalue weighted by atomic mass is 16.6. The molecule has 0 bridgehead atoms. The highest BCUT2D eigenvalue weighted by Crippen LogP contribution is 2.33. The number of nitrogens with two attached hydrogens (primary N) is 1. The minimum absolute atomic E-state index is 0.0367. The van der Waals surface area contributed by atoms with E-state index in [0.29, 0.717) is 12.0 Å². The van der Waals surface area contributed by atoms with Gasteiger partial charge in [-0.1, -0.05) is 0 Å². The van der Waals surface area contributed by atoms with Crippen LogP contribution in [0.4, 0.5) is 11.4 Å². The van der Waals surface area contributed by atoms with Crippen molar-refractivity contribution in [2.75, 3.05) is 4.90 Å². The molecule has 10 heteroatoms. The van der Waals surface area contributed by atoms with Crippen LogP contribution in [-0.4, -0.2) is 33.1 Å². The molecule has 2 amide bonds. The van der Waals surface area contributed by atoms with Gasteiger partial charge in [-0.25, -0.2) is 0 Å². The molecule has 1 aliphatic rings. The van der Waals surface area contributed by atoms with Crippen LogP contribution in [0.2, 0.25) is 0 Å². The van der Waals surface area contributed by atoms with Gasteiger partial charge in [0.1, 0.15) is 5.56 Å². The molecule has 0 saturated heterocycles. The number of benzene rings is 1. The lowest BCUT2D eigenvalue weighted by Gasteiger charge is -2.20. The zero-order valence-corrected chi connectivity index (χ0v) is 15.7. The van der Waals surface area contributed by atoms with Gasteiger partial charge in [-0.05, 0) is 37.1 Å². The van der Waals surface area contributed by atoms with E-state index in [1.54, 1.807) is 17.0 Å². The molecular formula is C19H18N4O6. The third-order valence-electron chi connectivity index (χ3n) is 4.82. The summed E-state index contributed by atoms with van der Waals surface area (Å²) in [7, 11) is 0. The van der Waals surface area contributed by atoms with E-state index in [4.69, 9.17) is 5.73 Å². The van der Waals surface area contributed by atoms with Crippen molar-refractivity contribution >= 4 is 29.0 Å². The van der Waals surface area contributed by atoms with Crippen LogP contribution < -0.4 is 16.2 Å². The second kappa shape index (κ2) is 7.30. The van der Waals surface area contributed by atoms with Crippen LogP contribution in [0, 0.1) is 10.1 Å². The van der Waals surface area contributed by atoms with Crippen molar-refractivity contribution in [1.82, 2.24) is 4.57 Å². The van der Waals surface area contributed by atoms with Gasteiger partial charge in [0.05, 0.1) is 17.7 Å². The van der Waals surface area contributed by atoms with Gasteiger partial charge in [-0.15, -0.1) is 0 Å². The Hall–Kier alpha value is -3.82. The predicted molar refractivity (Wildman–Crippen MR) is 103 cm³/mol. The van der Waals surface area contributed by atoms with Crippen LogP contribution in [0.25, 0.3) is 0 Å². The van der Waals surface area contributed by atoms with Crippen LogP contribution in [0.15, 0.2) is 35.3 Å². The first-order valence-corrected chi connectivity index (χ1v) is 8.74. The van der Waals surface area contributed by atoms with Crippen LogP contribution in [0.3, 0.4) is 0 Å². The fourth-order valence-corrected chi connectivity index (χ4v) is 3.54. The fraction of sp³-hybridized carbons (Fsp3) is 0.263. The van der Waals surface area contributed by atoms with E-state index in [-0.39, 0.29) is 11.9 Å². The molecule has 2 heterocycles. The molecule has 1 aromatic heterocycles. The summed E-state index contributed by atoms with van der Waals surface area (Å²) in [4.78, 5) is 60.2. The summed E-state index contributed by atoms with van der Waals surface area (Å²) in [5.41, 5.74) is 4.99. The lowest BCUT2D eigenvalue weighted by molar-refractivity contribution is -0.385. The molecule has 0 radical (unpaired) electrons. The predicted octanol–water partition coefficient (Wildman–Crippen LogP) is 1.04. The highest BCUT2D eigenvalue weighted by molar-refractivity contribution is 5.99. The summed E-state index contributed by atoms with van der Waals surface area (Å²) in [6, 6.07) is 5.60. The van der Waals surface area contributed by atoms with Gasteiger partial charge in [-0.3, -0.25) is 29.3 Å². The lowest BCUT2D eigenvalue weighted by atomic mass is 10.0. The Morgan fingerprint density at radius 1 is 1.28 bits per heavy atom. The highest BCUT2D eigenvalue weighted by Gasteiger charge is 2.29. The SMILES string of the molecule is CC(=O)N1c2ccc(C(=O)Cn3cc([N+](=O)[O-])cc(C(N)=O)c3=O)cc2C[C@@H]1C. The van der Waals surface area contributed by atoms with E-state index >= 15 is 0 Å². The Kier molecular flexibility index (Phi) is 5.02. The van der Waals surface area contributed by atoms with Crippen molar-refractivity contribution in [3.05, 3.63) is 67.6 Å². The largest absolute Gasteiger partial charge is 0.365 e. The molecule has 3 rings (SSSR count). The number of nitro groups is 1. The Bertz CT molecular complexity index is 1120. The van der Waals surface area contributed by atoms with E-state index < -0.39 is 40.0 Å². The van der Waals surface area contributed by atoms with Gasteiger partial charge >= 0.3 is 0 Å². The third-order valence-corrected chi connectivity index (χ3v) is 4.82. The smallest absolute Gasteiger partial charge is 0.286 e. The maximum atomic E-state index is 12.7. The average molecular weight is 398 g/mol. The van der Waals surface area contributed by atoms with E-state index in [2.05, 4.69) is 0 Å². The first-order valence-electron chi connectivity index (χ1n) is 8.74. The Labute approximate surface area is 164 Å². The van der Waals surface area contributed by atoms with Crippen molar-refractivity contribution in [3.63, 3.8) is 0 Å². The number of amides is 2. The van der Waals surface area contributed by atoms with Crippen molar-refractivity contribution in [3.8, 4) is 0 Å². The first-order chi connectivity index (χ1) is 13.6. The molecule has 0 saturated carbocycles. The van der Waals surface area contributed by atoms with Gasteiger partial charge in [0.25, 0.3) is 17.2 Å². The summed E-state index contributed by atoms with van der Waals surface area (Å²) in [6.07, 6.45) is 1.48. The molecule has 0 aliphatic carbocycles. The van der Waals surface area contributed by atoms with Crippen molar-refractivity contribution in [1.29, 1.82) is 0 Å². The maximum absolute atomic E-state index is 12.7. The number of hydrogen-bond acceptors (Lipinski definition) is 6. The Morgan fingerprint density at radius 2 is 1.97 bits per heavy atom. The van der Waals surface area contributed by atoms with Crippen LogP contribution in [-0.2, 0) is 17.8 Å². The summed E-state index contributed by atoms with van der Waals surface area (Å²) in [5, 5.41) is 11.1. The molecule has 2 N–H and O–H groups in total. The normalized spacial score (nSPS) is 15.1. The lowest BCUT2D eigenvalue weighted by Crippen LogP contribution is -2.33. The molecular weight excluding hydrogens is 380 g/mol. The molecule has 2 aromatic rings. The summed E-state index contributed by atoms with van der Waals surface area (Å²) in [5.74, 6) is -1.69. The molecule has 10 nitrogen and oxygen atoms in total. The molecule has 0 unspecified atom stereocenters. The van der Waals surface area contributed by atoms with Crippen molar-refractivity contribution in [2.24, 2.45) is 5.73 Å². The number of rotatable bonds is 5. The molecule has 1 atom stereocenters. The number of Topliss-reactive ketones (excluding diaryl/α,β-unsaturated/α-hetero) is 1. The maximum Gasteiger partial charge on any atom is 0.286 e. The summed E-state index contributed by atoms with van der Waals surface area (Å²) in [6.45, 7) is 2.87. The third kappa shape index (κ3) is 3.64. The Balaban J connectivity index is 1.95. The number of nitrogens with zero attached hydrogens (tertiary/aromatic N) is 3. The topological polar surface area (TPSA) is 146 Å². The fourth-order valence-electron chi connectivity index (χ4n) is 3.54. The number of anilines is 1. The summed E-state index contributed by atoms with van der Waals surface area (Å²) < 4.78 is 0.804. The van der Waals surface area contributed by atoms with Crippen molar-refractivity contribution in [2.45, 2.75) is 32.9 Å². The minimum Gasteiger partial charge on any atom is -0.365 e. The molecule has 1 aromatic carbocycles. The van der Waals surface area contributed by atoms with Crippen molar-refractivity contribution < 1.29 is 19.3 Å². The quantitative estimate of drug-likeness (QED) is 0.452. The molecule has 1 aliphatic heterocycles. The second-order valence-electron chi connectivity index (χ2n) is 6.88. The Morgan fingerprint density at radius 3 is 2.55 bits per heavy atom. The van der Waals surface area contributed by atoms with Crippen LogP contribution in [0.5, 0.6) is 0 Å². The first kappa shape index (κ1) is 19.9.